The molecule has 35 heavy (non-hydrogen) atoms. The second-order valence-corrected chi connectivity index (χ2v) is 12.0. The molecule has 1 amide bonds. The summed E-state index contributed by atoms with van der Waals surface area (Å²) in [5.74, 6) is -0.326. The number of hydrogen-bond donors (Lipinski definition) is 2. The van der Waals surface area contributed by atoms with Crippen LogP contribution in [0.1, 0.15) is 12.8 Å². The number of benzene rings is 3. The standard InChI is InChI=1S/C23H23Cl2N3O5S2/c1-34(30,31)28(19-6-3-2-4-7-19)15-5-8-23(29)26-18-10-12-20(13-11-18)35(32,33)27-22-14-9-17(24)16-21(22)25/h2-4,6-7,9-14,16,27H,5,8,15H2,1H3,(H,26,29). The van der Waals surface area contributed by atoms with E-state index in [1.165, 1.54) is 46.8 Å². The second-order valence-electron chi connectivity index (χ2n) is 7.58. The minimum absolute atomic E-state index is 0.0202. The summed E-state index contributed by atoms with van der Waals surface area (Å²) in [6.45, 7) is 0.145. The zero-order valence-electron chi connectivity index (χ0n) is 18.6. The second kappa shape index (κ2) is 11.3. The van der Waals surface area contributed by atoms with Crippen molar-refractivity contribution < 1.29 is 21.6 Å². The fourth-order valence-corrected chi connectivity index (χ4v) is 5.74. The summed E-state index contributed by atoms with van der Waals surface area (Å²) in [5.41, 5.74) is 1.12. The van der Waals surface area contributed by atoms with Gasteiger partial charge < -0.3 is 5.32 Å². The number of amides is 1. The average molecular weight is 556 g/mol. The number of carbonyl (C=O) groups is 1. The highest BCUT2D eigenvalue weighted by atomic mass is 35.5. The number of anilines is 3. The summed E-state index contributed by atoms with van der Waals surface area (Å²) in [7, 11) is -7.41. The van der Waals surface area contributed by atoms with Gasteiger partial charge in [0.25, 0.3) is 10.0 Å². The van der Waals surface area contributed by atoms with Crippen molar-refractivity contribution >= 4 is 66.2 Å². The van der Waals surface area contributed by atoms with Crippen molar-refractivity contribution in [3.63, 3.8) is 0 Å². The van der Waals surface area contributed by atoms with E-state index in [0.717, 1.165) is 6.26 Å². The Hall–Kier alpha value is -2.79. The first-order valence-corrected chi connectivity index (χ1v) is 14.4. The van der Waals surface area contributed by atoms with Gasteiger partial charge in [-0.2, -0.15) is 0 Å². The Labute approximate surface area is 215 Å². The topological polar surface area (TPSA) is 113 Å². The summed E-state index contributed by atoms with van der Waals surface area (Å²) < 4.78 is 53.1. The van der Waals surface area contributed by atoms with Crippen molar-refractivity contribution in [2.45, 2.75) is 17.7 Å². The molecule has 0 aliphatic carbocycles. The lowest BCUT2D eigenvalue weighted by molar-refractivity contribution is -0.116. The van der Waals surface area contributed by atoms with Crippen molar-refractivity contribution in [1.29, 1.82) is 0 Å². The highest BCUT2D eigenvalue weighted by Crippen LogP contribution is 2.28. The Bertz CT molecular complexity index is 1400. The quantitative estimate of drug-likeness (QED) is 0.366. The predicted molar refractivity (Wildman–Crippen MR) is 140 cm³/mol. The molecule has 0 atom stereocenters. The molecule has 0 saturated heterocycles. The third-order valence-electron chi connectivity index (χ3n) is 4.83. The van der Waals surface area contributed by atoms with Gasteiger partial charge in [-0.1, -0.05) is 41.4 Å². The van der Waals surface area contributed by atoms with E-state index in [9.17, 15) is 21.6 Å². The first kappa shape index (κ1) is 26.8. The number of halogens is 2. The summed E-state index contributed by atoms with van der Waals surface area (Å²) in [6, 6.07) is 18.7. The smallest absolute Gasteiger partial charge is 0.261 e. The third kappa shape index (κ3) is 7.60. The summed E-state index contributed by atoms with van der Waals surface area (Å²) in [5, 5.41) is 3.22. The number of para-hydroxylation sites is 1. The summed E-state index contributed by atoms with van der Waals surface area (Å²) in [6.07, 6.45) is 1.49. The monoisotopic (exact) mass is 555 g/mol. The van der Waals surface area contributed by atoms with Crippen LogP contribution >= 0.6 is 23.2 Å². The lowest BCUT2D eigenvalue weighted by Crippen LogP contribution is -2.31. The maximum Gasteiger partial charge on any atom is 0.261 e. The third-order valence-corrected chi connectivity index (χ3v) is 7.96. The molecule has 186 valence electrons. The van der Waals surface area contributed by atoms with E-state index >= 15 is 0 Å². The van der Waals surface area contributed by atoms with Crippen LogP contribution in [0.2, 0.25) is 10.0 Å². The first-order chi connectivity index (χ1) is 16.5. The van der Waals surface area contributed by atoms with Gasteiger partial charge in [-0.15, -0.1) is 0 Å². The van der Waals surface area contributed by atoms with Gasteiger partial charge in [-0.05, 0) is 61.0 Å². The molecule has 3 aromatic carbocycles. The number of hydrogen-bond acceptors (Lipinski definition) is 5. The van der Waals surface area contributed by atoms with Crippen LogP contribution in [0, 0.1) is 0 Å². The molecule has 0 bridgehead atoms. The first-order valence-electron chi connectivity index (χ1n) is 10.4. The molecule has 0 aliphatic heterocycles. The van der Waals surface area contributed by atoms with E-state index in [-0.39, 0.29) is 34.5 Å². The van der Waals surface area contributed by atoms with Gasteiger partial charge in [0.15, 0.2) is 0 Å². The number of carbonyl (C=O) groups excluding carboxylic acids is 1. The van der Waals surface area contributed by atoms with Crippen LogP contribution in [-0.4, -0.2) is 35.5 Å². The van der Waals surface area contributed by atoms with Crippen LogP contribution in [0.15, 0.2) is 77.7 Å². The van der Waals surface area contributed by atoms with Gasteiger partial charge in [0.05, 0.1) is 27.5 Å². The molecule has 0 fully saturated rings. The van der Waals surface area contributed by atoms with E-state index in [0.29, 0.717) is 22.8 Å². The minimum Gasteiger partial charge on any atom is -0.326 e. The molecule has 2 N–H and O–H groups in total. The number of rotatable bonds is 10. The molecule has 0 heterocycles. The van der Waals surface area contributed by atoms with Crippen molar-refractivity contribution in [2.24, 2.45) is 0 Å². The molecule has 3 rings (SSSR count). The van der Waals surface area contributed by atoms with Gasteiger partial charge in [0, 0.05) is 23.7 Å². The van der Waals surface area contributed by atoms with E-state index < -0.39 is 20.0 Å². The molecule has 12 heteroatoms. The van der Waals surface area contributed by atoms with Crippen LogP contribution in [0.5, 0.6) is 0 Å². The van der Waals surface area contributed by atoms with Gasteiger partial charge in [0.1, 0.15) is 0 Å². The maximum absolute atomic E-state index is 12.6. The van der Waals surface area contributed by atoms with Crippen molar-refractivity contribution in [3.8, 4) is 0 Å². The predicted octanol–water partition coefficient (Wildman–Crippen LogP) is 4.98. The molecule has 3 aromatic rings. The lowest BCUT2D eigenvalue weighted by atomic mass is 10.2. The van der Waals surface area contributed by atoms with Crippen LogP contribution in [-0.2, 0) is 24.8 Å². The van der Waals surface area contributed by atoms with E-state index in [2.05, 4.69) is 10.0 Å². The Kier molecular flexibility index (Phi) is 8.65. The number of sulfonamides is 2. The fraction of sp³-hybridized carbons (Fsp3) is 0.174. The van der Waals surface area contributed by atoms with Crippen LogP contribution in [0.25, 0.3) is 0 Å². The van der Waals surface area contributed by atoms with Crippen molar-refractivity contribution in [2.75, 3.05) is 27.1 Å². The maximum atomic E-state index is 12.6. The molecule has 8 nitrogen and oxygen atoms in total. The summed E-state index contributed by atoms with van der Waals surface area (Å²) in [4.78, 5) is 12.3. The van der Waals surface area contributed by atoms with Gasteiger partial charge in [-0.25, -0.2) is 16.8 Å². The molecule has 0 unspecified atom stereocenters. The lowest BCUT2D eigenvalue weighted by Gasteiger charge is -2.22. The molecule has 0 saturated carbocycles. The van der Waals surface area contributed by atoms with E-state index in [1.54, 1.807) is 30.3 Å². The fourth-order valence-electron chi connectivity index (χ4n) is 3.18. The molecule has 0 aliphatic rings. The highest BCUT2D eigenvalue weighted by Gasteiger charge is 2.18. The van der Waals surface area contributed by atoms with Crippen LogP contribution < -0.4 is 14.3 Å². The minimum atomic E-state index is -3.91. The molecular weight excluding hydrogens is 533 g/mol. The zero-order valence-corrected chi connectivity index (χ0v) is 21.8. The SMILES string of the molecule is CS(=O)(=O)N(CCCC(=O)Nc1ccc(S(=O)(=O)Nc2ccc(Cl)cc2Cl)cc1)c1ccccc1. The number of nitrogens with one attached hydrogen (secondary N) is 2. The van der Waals surface area contributed by atoms with Crippen molar-refractivity contribution in [3.05, 3.63) is 82.8 Å². The van der Waals surface area contributed by atoms with Gasteiger partial charge >= 0.3 is 0 Å². The highest BCUT2D eigenvalue weighted by molar-refractivity contribution is 7.92. The molecule has 0 spiro atoms. The molecular formula is C23H23Cl2N3O5S2. The Balaban J connectivity index is 1.57. The van der Waals surface area contributed by atoms with Gasteiger partial charge in [-0.3, -0.25) is 13.8 Å². The Morgan fingerprint density at radius 1 is 0.914 bits per heavy atom. The van der Waals surface area contributed by atoms with Crippen LogP contribution in [0.3, 0.4) is 0 Å². The van der Waals surface area contributed by atoms with E-state index in [1.807, 2.05) is 0 Å². The Morgan fingerprint density at radius 2 is 1.57 bits per heavy atom. The number of nitrogens with zero attached hydrogens (tertiary/aromatic N) is 1. The zero-order chi connectivity index (χ0) is 25.6. The molecule has 0 radical (unpaired) electrons. The normalized spacial score (nSPS) is 11.6. The largest absolute Gasteiger partial charge is 0.326 e. The van der Waals surface area contributed by atoms with E-state index in [4.69, 9.17) is 23.2 Å². The average Bonchev–Trinajstić information content (AvgIpc) is 2.79. The van der Waals surface area contributed by atoms with Crippen LogP contribution in [0.4, 0.5) is 17.1 Å². The summed E-state index contributed by atoms with van der Waals surface area (Å²) >= 11 is 11.9. The Morgan fingerprint density at radius 3 is 2.17 bits per heavy atom. The molecule has 0 aromatic heterocycles. The van der Waals surface area contributed by atoms with Crippen molar-refractivity contribution in [1.82, 2.24) is 0 Å². The van der Waals surface area contributed by atoms with Gasteiger partial charge in [0.2, 0.25) is 15.9 Å².